The number of ether oxygens (including phenoxy) is 3. The van der Waals surface area contributed by atoms with Gasteiger partial charge in [0.05, 0.1) is 17.5 Å². The van der Waals surface area contributed by atoms with Gasteiger partial charge < -0.3 is 19.9 Å². The van der Waals surface area contributed by atoms with Crippen molar-refractivity contribution in [3.63, 3.8) is 0 Å². The molecule has 8 nitrogen and oxygen atoms in total. The minimum absolute atomic E-state index is 0.0312. The molecule has 0 spiro atoms. The Morgan fingerprint density at radius 1 is 1.21 bits per heavy atom. The van der Waals surface area contributed by atoms with Crippen molar-refractivity contribution in [1.29, 1.82) is 0 Å². The number of fused-ring (bicyclic) bond motifs is 5. The van der Waals surface area contributed by atoms with Crippen molar-refractivity contribution < 1.29 is 28.6 Å². The number of hydrogen-bond acceptors (Lipinski definition) is 7. The van der Waals surface area contributed by atoms with Crippen LogP contribution in [0.3, 0.4) is 0 Å². The highest BCUT2D eigenvalue weighted by Gasteiger charge is 2.68. The lowest BCUT2D eigenvalue weighted by molar-refractivity contribution is -0.134. The molecule has 33 heavy (non-hydrogen) atoms. The number of nitrogens with two attached hydrogens (primary N) is 1. The number of carbonyl (C=O) groups excluding carboxylic acids is 3. The van der Waals surface area contributed by atoms with Crippen molar-refractivity contribution in [1.82, 2.24) is 4.90 Å². The lowest BCUT2D eigenvalue weighted by atomic mass is 9.71. The van der Waals surface area contributed by atoms with Crippen molar-refractivity contribution in [3.8, 4) is 0 Å². The Morgan fingerprint density at radius 3 is 2.55 bits per heavy atom. The van der Waals surface area contributed by atoms with Crippen LogP contribution in [0.25, 0.3) is 0 Å². The molecule has 180 valence electrons. The number of nitrogens with zero attached hydrogens (tertiary/aromatic N) is 1. The second kappa shape index (κ2) is 8.63. The Morgan fingerprint density at radius 2 is 1.91 bits per heavy atom. The highest BCUT2D eigenvalue weighted by Crippen LogP contribution is 2.63. The van der Waals surface area contributed by atoms with Crippen LogP contribution in [0.5, 0.6) is 0 Å². The molecule has 0 aromatic heterocycles. The third kappa shape index (κ3) is 4.45. The van der Waals surface area contributed by atoms with Gasteiger partial charge in [-0.3, -0.25) is 9.69 Å². The lowest BCUT2D eigenvalue weighted by Crippen LogP contribution is -2.56. The topological polar surface area (TPSA) is 108 Å². The maximum absolute atomic E-state index is 13.4. The Kier molecular flexibility index (Phi) is 6.16. The number of Topliss-reactive ketones (excluding diaryl/α,β-unsaturated/α-hetero) is 1. The quantitative estimate of drug-likeness (QED) is 0.664. The Bertz CT molecular complexity index is 911. The number of benzene rings is 1. The molecule has 6 atom stereocenters. The molecule has 1 heterocycles. The van der Waals surface area contributed by atoms with Crippen LogP contribution in [0.4, 0.5) is 9.59 Å². The summed E-state index contributed by atoms with van der Waals surface area (Å²) in [6, 6.07) is 8.34. The highest BCUT2D eigenvalue weighted by atomic mass is 16.7. The van der Waals surface area contributed by atoms with Crippen molar-refractivity contribution in [2.45, 2.75) is 83.9 Å². The minimum atomic E-state index is -0.848. The number of amides is 1. The first kappa shape index (κ1) is 23.5. The van der Waals surface area contributed by atoms with Crippen LogP contribution >= 0.6 is 0 Å². The maximum atomic E-state index is 13.4. The molecule has 3 aliphatic rings. The Hall–Kier alpha value is -2.61. The molecule has 2 N–H and O–H groups in total. The van der Waals surface area contributed by atoms with E-state index >= 15 is 0 Å². The summed E-state index contributed by atoms with van der Waals surface area (Å²) in [5.74, 6) is 0.309. The maximum Gasteiger partial charge on any atom is 0.510 e. The molecular formula is C25H34N2O6. The summed E-state index contributed by atoms with van der Waals surface area (Å²) in [7, 11) is 0. The summed E-state index contributed by atoms with van der Waals surface area (Å²) in [5.41, 5.74) is 5.43. The molecule has 1 amide bonds. The van der Waals surface area contributed by atoms with Gasteiger partial charge in [-0.15, -0.1) is 0 Å². The molecule has 4 rings (SSSR count). The van der Waals surface area contributed by atoms with E-state index in [4.69, 9.17) is 19.9 Å². The number of carbonyl (C=O) groups is 3. The number of likely N-dealkylation sites (tertiary alicyclic amines) is 1. The van der Waals surface area contributed by atoms with Crippen LogP contribution in [-0.2, 0) is 25.6 Å². The molecule has 1 unspecified atom stereocenters. The summed E-state index contributed by atoms with van der Waals surface area (Å²) in [6.07, 6.45) is 0.483. The minimum Gasteiger partial charge on any atom is -0.444 e. The predicted octanol–water partition coefficient (Wildman–Crippen LogP) is 4.01. The first-order chi connectivity index (χ1) is 15.5. The monoisotopic (exact) mass is 458 g/mol. The van der Waals surface area contributed by atoms with Crippen LogP contribution in [-0.4, -0.2) is 46.8 Å². The smallest absolute Gasteiger partial charge is 0.444 e. The van der Waals surface area contributed by atoms with Gasteiger partial charge in [0.2, 0.25) is 0 Å². The van der Waals surface area contributed by atoms with Crippen molar-refractivity contribution >= 4 is 18.0 Å². The molecular weight excluding hydrogens is 424 g/mol. The molecule has 1 aromatic rings. The van der Waals surface area contributed by atoms with Crippen LogP contribution in [0.1, 0.15) is 58.9 Å². The molecule has 8 heteroatoms. The second-order valence-corrected chi connectivity index (χ2v) is 10.6. The first-order valence-electron chi connectivity index (χ1n) is 11.7. The van der Waals surface area contributed by atoms with Crippen LogP contribution < -0.4 is 5.73 Å². The van der Waals surface area contributed by atoms with Crippen LogP contribution in [0, 0.1) is 17.3 Å². The fraction of sp³-hybridized carbons (Fsp3) is 0.640. The average molecular weight is 459 g/mol. The van der Waals surface area contributed by atoms with Crippen LogP contribution in [0.2, 0.25) is 0 Å². The average Bonchev–Trinajstić information content (AvgIpc) is 3.41. The van der Waals surface area contributed by atoms with Gasteiger partial charge in [0.1, 0.15) is 12.2 Å². The highest BCUT2D eigenvalue weighted by molar-refractivity contribution is 5.91. The van der Waals surface area contributed by atoms with Gasteiger partial charge in [0.15, 0.2) is 12.0 Å². The summed E-state index contributed by atoms with van der Waals surface area (Å²) in [5, 5.41) is 0. The van der Waals surface area contributed by atoms with E-state index < -0.39 is 41.6 Å². The van der Waals surface area contributed by atoms with E-state index in [0.29, 0.717) is 19.3 Å². The first-order valence-corrected chi connectivity index (χ1v) is 11.7. The molecule has 2 bridgehead atoms. The predicted molar refractivity (Wildman–Crippen MR) is 120 cm³/mol. The fourth-order valence-corrected chi connectivity index (χ4v) is 6.07. The Balaban J connectivity index is 1.60. The zero-order chi connectivity index (χ0) is 24.0. The van der Waals surface area contributed by atoms with E-state index in [0.717, 1.165) is 12.0 Å². The molecule has 2 saturated carbocycles. The largest absolute Gasteiger partial charge is 0.510 e. The molecule has 0 radical (unpaired) electrons. The van der Waals surface area contributed by atoms with Gasteiger partial charge >= 0.3 is 12.2 Å². The Labute approximate surface area is 194 Å². The molecule has 1 aromatic carbocycles. The fourth-order valence-electron chi connectivity index (χ4n) is 6.07. The van der Waals surface area contributed by atoms with Gasteiger partial charge in [-0.1, -0.05) is 30.3 Å². The van der Waals surface area contributed by atoms with E-state index in [1.54, 1.807) is 27.7 Å². The van der Waals surface area contributed by atoms with Crippen LogP contribution in [0.15, 0.2) is 30.3 Å². The normalized spacial score (nSPS) is 31.1. The van der Waals surface area contributed by atoms with Crippen molar-refractivity contribution in [2.24, 2.45) is 23.0 Å². The number of ketones is 1. The van der Waals surface area contributed by atoms with Gasteiger partial charge in [-0.05, 0) is 64.4 Å². The van der Waals surface area contributed by atoms with E-state index in [1.807, 2.05) is 30.3 Å². The van der Waals surface area contributed by atoms with Gasteiger partial charge in [0, 0.05) is 6.42 Å². The molecule has 1 aliphatic heterocycles. The molecule has 2 aliphatic carbocycles. The zero-order valence-corrected chi connectivity index (χ0v) is 19.8. The van der Waals surface area contributed by atoms with Crippen molar-refractivity contribution in [2.75, 3.05) is 0 Å². The summed E-state index contributed by atoms with van der Waals surface area (Å²) >= 11 is 0. The van der Waals surface area contributed by atoms with Crippen molar-refractivity contribution in [3.05, 3.63) is 35.9 Å². The molecule has 1 saturated heterocycles. The molecule has 3 fully saturated rings. The number of rotatable bonds is 5. The third-order valence-corrected chi connectivity index (χ3v) is 7.19. The van der Waals surface area contributed by atoms with E-state index in [9.17, 15) is 14.4 Å². The van der Waals surface area contributed by atoms with Gasteiger partial charge in [-0.25, -0.2) is 9.59 Å². The summed E-state index contributed by atoms with van der Waals surface area (Å²) in [4.78, 5) is 40.6. The number of hydrogen-bond donors (Lipinski definition) is 1. The standard InChI is InChI=1S/C25H34N2O6/c1-15(26)21(28)25-11-10-17(13-25)18-12-19(32-23(30)33-24(2,3)4)27(20(18)25)22(29)31-14-16-8-6-5-7-9-16/h5-9,15,17-20H,10-14,26H2,1-4H3/t15?,17-,18-,19-,20+,25+/m0/s1. The summed E-state index contributed by atoms with van der Waals surface area (Å²) < 4.78 is 16.6. The summed E-state index contributed by atoms with van der Waals surface area (Å²) in [6.45, 7) is 7.03. The SMILES string of the molecule is CC(N)C(=O)[C@]12CC[C@@H](C1)[C@@H]1C[C@H](OC(=O)OC(C)(C)C)N(C(=O)OCc3ccccc3)[C@H]12. The zero-order valence-electron chi connectivity index (χ0n) is 19.8. The van der Waals surface area contributed by atoms with E-state index in [-0.39, 0.29) is 24.2 Å². The van der Waals surface area contributed by atoms with Gasteiger partial charge in [-0.2, -0.15) is 0 Å². The van der Waals surface area contributed by atoms with E-state index in [2.05, 4.69) is 0 Å². The van der Waals surface area contributed by atoms with E-state index in [1.165, 1.54) is 4.90 Å². The lowest BCUT2D eigenvalue weighted by Gasteiger charge is -2.40. The third-order valence-electron chi connectivity index (χ3n) is 7.19. The van der Waals surface area contributed by atoms with Gasteiger partial charge in [0.25, 0.3) is 0 Å². The second-order valence-electron chi connectivity index (χ2n) is 10.6.